The average molecular weight is 734 g/mol. The number of amides is 1. The van der Waals surface area contributed by atoms with Gasteiger partial charge in [0.1, 0.15) is 13.2 Å². The maximum absolute atomic E-state index is 12.8. The van der Waals surface area contributed by atoms with E-state index in [-0.39, 0.29) is 19.1 Å². The molecule has 0 rings (SSSR count). The number of unbranched alkanes of at least 4 members (excludes halogenated alkanes) is 26. The summed E-state index contributed by atoms with van der Waals surface area (Å²) in [5, 5.41) is 13.9. The highest BCUT2D eigenvalue weighted by Gasteiger charge is 2.28. The molecule has 0 aliphatic heterocycles. The van der Waals surface area contributed by atoms with Crippen molar-refractivity contribution in [2.24, 2.45) is 0 Å². The lowest BCUT2D eigenvalue weighted by molar-refractivity contribution is -0.870. The van der Waals surface area contributed by atoms with Crippen LogP contribution in [0.2, 0.25) is 0 Å². The summed E-state index contributed by atoms with van der Waals surface area (Å²) in [6, 6.07) is -0.751. The molecule has 0 saturated heterocycles. The molecule has 8 nitrogen and oxygen atoms in total. The highest BCUT2D eigenvalue weighted by molar-refractivity contribution is 7.47. The van der Waals surface area contributed by atoms with Crippen molar-refractivity contribution in [3.05, 3.63) is 0 Å². The quantitative estimate of drug-likeness (QED) is 0.0330. The maximum Gasteiger partial charge on any atom is 0.472 e. The molecule has 0 spiro atoms. The summed E-state index contributed by atoms with van der Waals surface area (Å²) in [5.41, 5.74) is 0. The van der Waals surface area contributed by atoms with Crippen molar-refractivity contribution in [1.29, 1.82) is 0 Å². The Hall–Kier alpha value is -0.500. The molecule has 0 aliphatic rings. The monoisotopic (exact) mass is 734 g/mol. The Labute approximate surface area is 310 Å². The van der Waals surface area contributed by atoms with Gasteiger partial charge in [0.2, 0.25) is 5.91 Å². The predicted octanol–water partition coefficient (Wildman–Crippen LogP) is 11.4. The van der Waals surface area contributed by atoms with Gasteiger partial charge in [-0.2, -0.15) is 0 Å². The standard InChI is InChI=1S/C41H85N2O6P/c1-6-8-10-12-14-16-18-19-20-21-22-23-24-25-27-29-31-33-35-41(45)42-39(38-49-50(46,47)48-37-36-43(3,4)5)40(44)34-32-30-28-26-17-15-13-11-9-7-2/h39-40,44H,6-38H2,1-5H3,(H-,42,45,46,47)/p+1. The first kappa shape index (κ1) is 49.5. The molecule has 3 N–H and O–H groups in total. The normalized spacial score (nSPS) is 14.5. The molecule has 0 saturated carbocycles. The summed E-state index contributed by atoms with van der Waals surface area (Å²) >= 11 is 0. The van der Waals surface area contributed by atoms with Crippen LogP contribution in [0.25, 0.3) is 0 Å². The van der Waals surface area contributed by atoms with Crippen LogP contribution in [0.15, 0.2) is 0 Å². The zero-order chi connectivity index (χ0) is 37.2. The Bertz CT molecular complexity index is 794. The van der Waals surface area contributed by atoms with Gasteiger partial charge in [-0.15, -0.1) is 0 Å². The average Bonchev–Trinajstić information content (AvgIpc) is 3.06. The minimum atomic E-state index is -4.30. The second-order valence-corrected chi connectivity index (χ2v) is 17.5. The molecule has 0 radical (unpaired) electrons. The molecule has 0 fully saturated rings. The number of nitrogens with zero attached hydrogens (tertiary/aromatic N) is 1. The molecule has 0 aromatic carbocycles. The third-order valence-electron chi connectivity index (χ3n) is 9.86. The van der Waals surface area contributed by atoms with Gasteiger partial charge in [0.15, 0.2) is 0 Å². The molecule has 300 valence electrons. The van der Waals surface area contributed by atoms with Crippen LogP contribution in [0, 0.1) is 0 Å². The number of aliphatic hydroxyl groups is 1. The fraction of sp³-hybridized carbons (Fsp3) is 0.976. The van der Waals surface area contributed by atoms with Crippen molar-refractivity contribution in [2.75, 3.05) is 40.9 Å². The molecule has 50 heavy (non-hydrogen) atoms. The van der Waals surface area contributed by atoms with Gasteiger partial charge in [0.05, 0.1) is 39.9 Å². The van der Waals surface area contributed by atoms with E-state index >= 15 is 0 Å². The second-order valence-electron chi connectivity index (χ2n) is 16.1. The van der Waals surface area contributed by atoms with E-state index in [1.165, 1.54) is 141 Å². The highest BCUT2D eigenvalue weighted by Crippen LogP contribution is 2.43. The van der Waals surface area contributed by atoms with Gasteiger partial charge in [0, 0.05) is 6.42 Å². The lowest BCUT2D eigenvalue weighted by atomic mass is 10.0. The van der Waals surface area contributed by atoms with Gasteiger partial charge in [-0.05, 0) is 12.8 Å². The molecule has 0 aromatic rings. The molecule has 0 heterocycles. The van der Waals surface area contributed by atoms with Crippen molar-refractivity contribution >= 4 is 13.7 Å². The van der Waals surface area contributed by atoms with Crippen molar-refractivity contribution in [3.63, 3.8) is 0 Å². The Morgan fingerprint density at radius 1 is 0.600 bits per heavy atom. The van der Waals surface area contributed by atoms with Crippen LogP contribution in [0.1, 0.15) is 206 Å². The van der Waals surface area contributed by atoms with Gasteiger partial charge < -0.3 is 19.8 Å². The first-order valence-electron chi connectivity index (χ1n) is 21.4. The summed E-state index contributed by atoms with van der Waals surface area (Å²) in [4.78, 5) is 23.1. The van der Waals surface area contributed by atoms with Crippen molar-refractivity contribution < 1.29 is 32.9 Å². The number of aliphatic hydroxyl groups excluding tert-OH is 1. The number of carbonyl (C=O) groups is 1. The molecule has 0 bridgehead atoms. The molecular weight excluding hydrogens is 647 g/mol. The number of hydrogen-bond donors (Lipinski definition) is 3. The fourth-order valence-corrected chi connectivity index (χ4v) is 7.13. The summed E-state index contributed by atoms with van der Waals surface area (Å²) < 4.78 is 23.5. The highest BCUT2D eigenvalue weighted by atomic mass is 31.2. The number of likely N-dealkylation sites (N-methyl/N-ethyl adjacent to an activating group) is 1. The van der Waals surface area contributed by atoms with Crippen LogP contribution in [-0.4, -0.2) is 73.4 Å². The Balaban J connectivity index is 4.28. The number of hydrogen-bond acceptors (Lipinski definition) is 5. The van der Waals surface area contributed by atoms with Gasteiger partial charge in [0.25, 0.3) is 0 Å². The Morgan fingerprint density at radius 3 is 1.34 bits per heavy atom. The third-order valence-corrected chi connectivity index (χ3v) is 10.8. The van der Waals surface area contributed by atoms with Crippen LogP contribution in [0.5, 0.6) is 0 Å². The fourth-order valence-electron chi connectivity index (χ4n) is 6.40. The van der Waals surface area contributed by atoms with Crippen LogP contribution in [0.4, 0.5) is 0 Å². The first-order chi connectivity index (χ1) is 24.0. The maximum atomic E-state index is 12.8. The molecule has 9 heteroatoms. The first-order valence-corrected chi connectivity index (χ1v) is 22.9. The number of nitrogens with one attached hydrogen (secondary N) is 1. The SMILES string of the molecule is CCCCCCCCCCCCCCCCCCCCC(=O)NC(COP(=O)(O)OCC[N+](C)(C)C)C(O)CCCCCCCCCCCC. The van der Waals surface area contributed by atoms with E-state index in [4.69, 9.17) is 9.05 Å². The van der Waals surface area contributed by atoms with Gasteiger partial charge >= 0.3 is 7.82 Å². The van der Waals surface area contributed by atoms with Crippen LogP contribution < -0.4 is 5.32 Å². The summed E-state index contributed by atoms with van der Waals surface area (Å²) in [5.74, 6) is -0.143. The number of phosphoric acid groups is 1. The van der Waals surface area contributed by atoms with Crippen molar-refractivity contribution in [1.82, 2.24) is 5.32 Å². The molecule has 3 unspecified atom stereocenters. The van der Waals surface area contributed by atoms with Crippen molar-refractivity contribution in [2.45, 2.75) is 219 Å². The smallest absolute Gasteiger partial charge is 0.391 e. The summed E-state index contributed by atoms with van der Waals surface area (Å²) in [6.45, 7) is 4.88. The van der Waals surface area contributed by atoms with Crippen molar-refractivity contribution in [3.8, 4) is 0 Å². The van der Waals surface area contributed by atoms with E-state index in [9.17, 15) is 19.4 Å². The zero-order valence-corrected chi connectivity index (χ0v) is 34.8. The molecular formula is C41H86N2O6P+. The molecule has 0 aromatic heterocycles. The minimum Gasteiger partial charge on any atom is -0.391 e. The van der Waals surface area contributed by atoms with E-state index in [0.717, 1.165) is 38.5 Å². The zero-order valence-electron chi connectivity index (χ0n) is 33.9. The lowest BCUT2D eigenvalue weighted by Crippen LogP contribution is -2.46. The van der Waals surface area contributed by atoms with Crippen LogP contribution in [-0.2, 0) is 18.4 Å². The van der Waals surface area contributed by atoms with Gasteiger partial charge in [-0.25, -0.2) is 4.57 Å². The molecule has 0 aliphatic carbocycles. The van der Waals surface area contributed by atoms with E-state index < -0.39 is 20.0 Å². The van der Waals surface area contributed by atoms with E-state index in [1.807, 2.05) is 21.1 Å². The number of phosphoric ester groups is 1. The van der Waals surface area contributed by atoms with Crippen LogP contribution >= 0.6 is 7.82 Å². The van der Waals surface area contributed by atoms with Crippen LogP contribution in [0.3, 0.4) is 0 Å². The third kappa shape index (κ3) is 35.9. The second kappa shape index (κ2) is 34.3. The van der Waals surface area contributed by atoms with Gasteiger partial charge in [-0.1, -0.05) is 187 Å². The van der Waals surface area contributed by atoms with E-state index in [0.29, 0.717) is 23.9 Å². The Kier molecular flexibility index (Phi) is 33.9. The minimum absolute atomic E-state index is 0.0782. The topological polar surface area (TPSA) is 105 Å². The predicted molar refractivity (Wildman–Crippen MR) is 212 cm³/mol. The van der Waals surface area contributed by atoms with E-state index in [1.54, 1.807) is 0 Å². The largest absolute Gasteiger partial charge is 0.472 e. The van der Waals surface area contributed by atoms with Gasteiger partial charge in [-0.3, -0.25) is 13.8 Å². The van der Waals surface area contributed by atoms with E-state index in [2.05, 4.69) is 19.2 Å². The lowest BCUT2D eigenvalue weighted by Gasteiger charge is -2.26. The number of quaternary nitrogens is 1. The number of carbonyl (C=O) groups excluding carboxylic acids is 1. The summed E-state index contributed by atoms with van der Waals surface area (Å²) in [7, 11) is 1.62. The number of rotatable bonds is 39. The molecule has 1 amide bonds. The Morgan fingerprint density at radius 2 is 0.960 bits per heavy atom. The molecule has 3 atom stereocenters. The summed E-state index contributed by atoms with van der Waals surface area (Å²) in [6.07, 6.45) is 35.5.